The molecule has 1 N–H and O–H groups in total. The highest BCUT2D eigenvalue weighted by atomic mass is 16.5. The van der Waals surface area contributed by atoms with Gasteiger partial charge in [0.15, 0.2) is 0 Å². The van der Waals surface area contributed by atoms with Gasteiger partial charge < -0.3 is 14.6 Å². The average molecular weight is 212 g/mol. The van der Waals surface area contributed by atoms with Crippen LogP contribution in [0.5, 0.6) is 0 Å². The van der Waals surface area contributed by atoms with Gasteiger partial charge in [0.1, 0.15) is 0 Å². The topological polar surface area (TPSA) is 38.7 Å². The zero-order valence-corrected chi connectivity index (χ0v) is 9.32. The monoisotopic (exact) mass is 212 g/mol. The minimum absolute atomic E-state index is 0.225. The van der Waals surface area contributed by atoms with E-state index in [-0.39, 0.29) is 18.1 Å². The van der Waals surface area contributed by atoms with Gasteiger partial charge >= 0.3 is 0 Å². The first-order valence-electron chi connectivity index (χ1n) is 5.93. The van der Waals surface area contributed by atoms with E-state index >= 15 is 0 Å². The van der Waals surface area contributed by atoms with Crippen molar-refractivity contribution in [1.29, 1.82) is 0 Å². The van der Waals surface area contributed by atoms with Crippen LogP contribution < -0.4 is 0 Å². The van der Waals surface area contributed by atoms with Crippen molar-refractivity contribution in [2.24, 2.45) is 5.92 Å². The third-order valence-corrected chi connectivity index (χ3v) is 3.41. The quantitative estimate of drug-likeness (QED) is 0.776. The first-order valence-corrected chi connectivity index (χ1v) is 5.93. The Balaban J connectivity index is 1.99. The van der Waals surface area contributed by atoms with Crippen LogP contribution in [0.3, 0.4) is 0 Å². The fraction of sp³-hybridized carbons (Fsp3) is 0.833. The highest BCUT2D eigenvalue weighted by molar-refractivity contribution is 5.10. The lowest BCUT2D eigenvalue weighted by Crippen LogP contribution is -2.30. The smallest absolute Gasteiger partial charge is 0.0876 e. The Labute approximate surface area is 91.1 Å². The molecular formula is C12H20O3. The summed E-state index contributed by atoms with van der Waals surface area (Å²) in [6.45, 7) is 3.68. The third-order valence-electron chi connectivity index (χ3n) is 3.41. The van der Waals surface area contributed by atoms with Crippen LogP contribution in [-0.4, -0.2) is 30.5 Å². The molecule has 0 aliphatic carbocycles. The lowest BCUT2D eigenvalue weighted by molar-refractivity contribution is 0.0407. The Morgan fingerprint density at radius 2 is 2.40 bits per heavy atom. The molecule has 2 aliphatic rings. The fourth-order valence-electron chi connectivity index (χ4n) is 2.52. The second-order valence-electron chi connectivity index (χ2n) is 4.38. The van der Waals surface area contributed by atoms with Crippen LogP contribution >= 0.6 is 0 Å². The minimum atomic E-state index is -0.363. The molecule has 15 heavy (non-hydrogen) atoms. The van der Waals surface area contributed by atoms with Crippen molar-refractivity contribution >= 4 is 0 Å². The van der Waals surface area contributed by atoms with E-state index in [9.17, 15) is 5.11 Å². The molecule has 1 saturated heterocycles. The van der Waals surface area contributed by atoms with Crippen molar-refractivity contribution in [2.75, 3.05) is 13.2 Å². The van der Waals surface area contributed by atoms with Gasteiger partial charge in [0, 0.05) is 12.5 Å². The normalized spacial score (nSPS) is 33.3. The lowest BCUT2D eigenvalue weighted by Gasteiger charge is -2.26. The van der Waals surface area contributed by atoms with Gasteiger partial charge in [0.2, 0.25) is 0 Å². The van der Waals surface area contributed by atoms with E-state index < -0.39 is 0 Å². The number of ether oxygens (including phenoxy) is 2. The predicted octanol–water partition coefficient (Wildman–Crippen LogP) is 1.86. The molecule has 3 unspecified atom stereocenters. The van der Waals surface area contributed by atoms with Gasteiger partial charge in [-0.2, -0.15) is 0 Å². The first-order chi connectivity index (χ1) is 7.33. The van der Waals surface area contributed by atoms with E-state index in [0.29, 0.717) is 0 Å². The van der Waals surface area contributed by atoms with Crippen molar-refractivity contribution in [3.8, 4) is 0 Å². The molecule has 0 amide bonds. The number of aliphatic hydroxyl groups excluding tert-OH is 1. The maximum Gasteiger partial charge on any atom is 0.0876 e. The van der Waals surface area contributed by atoms with E-state index in [0.717, 1.165) is 44.5 Å². The van der Waals surface area contributed by atoms with Crippen LogP contribution in [0.4, 0.5) is 0 Å². The molecule has 2 aliphatic heterocycles. The van der Waals surface area contributed by atoms with Crippen molar-refractivity contribution in [3.05, 3.63) is 11.8 Å². The third kappa shape index (κ3) is 2.34. The maximum atomic E-state index is 10.2. The summed E-state index contributed by atoms with van der Waals surface area (Å²) >= 11 is 0. The minimum Gasteiger partial charge on any atom is -0.501 e. The summed E-state index contributed by atoms with van der Waals surface area (Å²) in [5, 5.41) is 10.2. The Bertz CT molecular complexity index is 237. The molecule has 0 aromatic rings. The van der Waals surface area contributed by atoms with E-state index in [1.54, 1.807) is 6.26 Å². The Morgan fingerprint density at radius 3 is 3.07 bits per heavy atom. The van der Waals surface area contributed by atoms with Crippen molar-refractivity contribution in [3.63, 3.8) is 0 Å². The molecule has 0 radical (unpaired) electrons. The summed E-state index contributed by atoms with van der Waals surface area (Å²) in [6, 6.07) is 0. The van der Waals surface area contributed by atoms with Crippen molar-refractivity contribution in [1.82, 2.24) is 0 Å². The molecule has 0 aromatic carbocycles. The van der Waals surface area contributed by atoms with Gasteiger partial charge in [-0.3, -0.25) is 0 Å². The largest absolute Gasteiger partial charge is 0.501 e. The number of aliphatic hydroxyl groups is 1. The Morgan fingerprint density at radius 1 is 1.53 bits per heavy atom. The van der Waals surface area contributed by atoms with Crippen LogP contribution in [0.2, 0.25) is 0 Å². The fourth-order valence-corrected chi connectivity index (χ4v) is 2.52. The molecule has 3 heteroatoms. The summed E-state index contributed by atoms with van der Waals surface area (Å²) in [7, 11) is 0. The van der Waals surface area contributed by atoms with Crippen LogP contribution in [-0.2, 0) is 9.47 Å². The lowest BCUT2D eigenvalue weighted by atomic mass is 9.87. The van der Waals surface area contributed by atoms with Gasteiger partial charge in [-0.15, -0.1) is 0 Å². The molecule has 3 atom stereocenters. The Hall–Kier alpha value is -0.540. The number of hydrogen-bond donors (Lipinski definition) is 1. The zero-order chi connectivity index (χ0) is 10.7. The molecular weight excluding hydrogens is 192 g/mol. The average Bonchev–Trinajstić information content (AvgIpc) is 2.77. The van der Waals surface area contributed by atoms with E-state index in [4.69, 9.17) is 9.47 Å². The highest BCUT2D eigenvalue weighted by Crippen LogP contribution is 2.31. The molecule has 0 spiro atoms. The maximum absolute atomic E-state index is 10.2. The second kappa shape index (κ2) is 4.99. The molecule has 2 heterocycles. The van der Waals surface area contributed by atoms with Crippen LogP contribution in [0.15, 0.2) is 11.8 Å². The first kappa shape index (κ1) is 11.0. The summed E-state index contributed by atoms with van der Waals surface area (Å²) in [5.41, 5.74) is 1.05. The van der Waals surface area contributed by atoms with E-state index in [1.807, 2.05) is 0 Å². The van der Waals surface area contributed by atoms with Crippen LogP contribution in [0, 0.1) is 5.92 Å². The van der Waals surface area contributed by atoms with Crippen molar-refractivity contribution in [2.45, 2.75) is 44.8 Å². The molecule has 1 fully saturated rings. The SMILES string of the molecule is CCC1OCCC1C(O)C1=COCCC1. The predicted molar refractivity (Wildman–Crippen MR) is 57.4 cm³/mol. The molecule has 86 valence electrons. The summed E-state index contributed by atoms with van der Waals surface area (Å²) in [6.07, 6.45) is 5.55. The zero-order valence-electron chi connectivity index (χ0n) is 9.32. The van der Waals surface area contributed by atoms with Crippen LogP contribution in [0.1, 0.15) is 32.6 Å². The highest BCUT2D eigenvalue weighted by Gasteiger charge is 2.34. The standard InChI is InChI=1S/C12H20O3/c1-2-11-10(5-7-15-11)12(13)9-4-3-6-14-8-9/h8,10-13H,2-7H2,1H3. The van der Waals surface area contributed by atoms with Gasteiger partial charge in [-0.05, 0) is 31.3 Å². The van der Waals surface area contributed by atoms with Gasteiger partial charge in [0.25, 0.3) is 0 Å². The Kier molecular flexibility index (Phi) is 3.65. The second-order valence-corrected chi connectivity index (χ2v) is 4.38. The van der Waals surface area contributed by atoms with E-state index in [2.05, 4.69) is 6.92 Å². The summed E-state index contributed by atoms with van der Waals surface area (Å²) in [4.78, 5) is 0. The molecule has 3 nitrogen and oxygen atoms in total. The molecule has 2 rings (SSSR count). The van der Waals surface area contributed by atoms with Gasteiger partial charge in [-0.1, -0.05) is 6.92 Å². The molecule has 0 aromatic heterocycles. The molecule has 0 saturated carbocycles. The number of rotatable bonds is 3. The summed E-state index contributed by atoms with van der Waals surface area (Å²) < 4.78 is 10.9. The van der Waals surface area contributed by atoms with E-state index in [1.165, 1.54) is 0 Å². The van der Waals surface area contributed by atoms with Crippen LogP contribution in [0.25, 0.3) is 0 Å². The van der Waals surface area contributed by atoms with Gasteiger partial charge in [-0.25, -0.2) is 0 Å². The van der Waals surface area contributed by atoms with Crippen molar-refractivity contribution < 1.29 is 14.6 Å². The molecule has 0 bridgehead atoms. The number of hydrogen-bond acceptors (Lipinski definition) is 3. The summed E-state index contributed by atoms with van der Waals surface area (Å²) in [5.74, 6) is 0.267. The van der Waals surface area contributed by atoms with Gasteiger partial charge in [0.05, 0.1) is 25.1 Å².